The molecule has 726 valence electrons. The summed E-state index contributed by atoms with van der Waals surface area (Å²) in [5, 5.41) is 17.3. The van der Waals surface area contributed by atoms with E-state index in [1.165, 1.54) is 12.8 Å². The normalized spacial score (nSPS) is 15.1. The molecule has 5 aliphatic heterocycles. The number of fused-ring (bicyclic) bond motifs is 5. The standard InChI is InChI=1S/C25H31N3O3.C24H27FN4O2.C20H21N5O2.C20H21N3O3.C19H21N5O/c1-25(2,30)12-11-21-16-18-15-19(24(29)27-13-5-4-6-14-27)17-26-23(18)28(21)20-7-9-22(31-3)10-8-20;1-16(2)27-22(30)17-4-6-20(7-5-17)29-11-8-18-14-19(15-26-21(18)29)23(31)28-12-9-24(3,25)10-13-28;1-13-4-7-24(8-5-13)20(27)15-10-14-6-9-25(19(14)23-11-15)16-2-3-17(18(21)26)22-12-16;1-26-15-7-5-14(6-8-15)23-12-9-16-18(24)17(13-21-19(16)23)20(25)22-10-3-2-4-11-22;1-13-9-16(12-21-17(13)20)24-8-5-14-10-15(11-22-18(14)24)19(25)23-6-3-2-4-7-23/h7-10,15-17,30H,4-6,11-14H2,1-3H3;4-8,11,14-16H,9-10,12-13H2,1-3H3,(H,27,30);2-3,6,9-13H,4-5,7-8H2,1H3,(H2,21,26);5-9,12-13H,2-4,10-11H2,1H3,(H,21,24);5,8-12H,2-4,6-7H2,1H3,(H2,20,21). The molecule has 7 amide bonds. The molecule has 5 fully saturated rings. The highest BCUT2D eigenvalue weighted by atomic mass is 19.1. The van der Waals surface area contributed by atoms with Gasteiger partial charge in [0, 0.05) is 177 Å². The van der Waals surface area contributed by atoms with Gasteiger partial charge in [-0.1, -0.05) is 6.92 Å². The van der Waals surface area contributed by atoms with Crippen LogP contribution in [0.2, 0.25) is 0 Å². The van der Waals surface area contributed by atoms with Gasteiger partial charge in [-0.2, -0.15) is 0 Å². The van der Waals surface area contributed by atoms with Crippen LogP contribution in [0.25, 0.3) is 83.6 Å². The van der Waals surface area contributed by atoms with Crippen molar-refractivity contribution in [1.29, 1.82) is 0 Å². The van der Waals surface area contributed by atoms with Crippen molar-refractivity contribution in [3.63, 3.8) is 0 Å². The molecular weight excluding hydrogens is 1770 g/mol. The van der Waals surface area contributed by atoms with Crippen molar-refractivity contribution in [2.75, 3.05) is 85.4 Å². The third-order valence-corrected chi connectivity index (χ3v) is 26.5. The zero-order chi connectivity index (χ0) is 98.6. The van der Waals surface area contributed by atoms with E-state index in [0.29, 0.717) is 89.4 Å². The Balaban J connectivity index is 0.000000126. The molecule has 7 N–H and O–H groups in total. The number of amides is 7. The first-order valence-corrected chi connectivity index (χ1v) is 48.1. The quantitative estimate of drug-likeness (QED) is 0.0533. The highest BCUT2D eigenvalue weighted by Gasteiger charge is 2.34. The largest absolute Gasteiger partial charge is 0.497 e. The second-order valence-corrected chi connectivity index (χ2v) is 37.8. The van der Waals surface area contributed by atoms with Gasteiger partial charge in [-0.3, -0.25) is 52.1 Å². The van der Waals surface area contributed by atoms with Gasteiger partial charge in [0.05, 0.1) is 71.2 Å². The highest BCUT2D eigenvalue weighted by molar-refractivity contribution is 6.02. The SMILES string of the molecule is CC(C)NC(=O)c1ccc(-n2ccc3cc(C(=O)N4CCC(C)(F)CC4)cnc32)cc1.CC1CCN(C(=O)c2cnc3c(ccn3-c3ccc(C(N)=O)nc3)c2)CC1.COc1ccc(-n2c(CCC(C)(C)O)cc3cc(C(=O)N4CCCCC4)cnc32)cc1.COc1ccc(-n2ccc3c(=O)c(C(=O)N4CCCCC4)c[nH]c32)cc1.Cc1cc(-n2ccc3cc(C(=O)N4CCCCC4)cnc32)cnc1N. The predicted octanol–water partition coefficient (Wildman–Crippen LogP) is 16.8. The van der Waals surface area contributed by atoms with Gasteiger partial charge in [-0.25, -0.2) is 34.3 Å². The van der Waals surface area contributed by atoms with Gasteiger partial charge >= 0.3 is 0 Å². The summed E-state index contributed by atoms with van der Waals surface area (Å²) >= 11 is 0. The van der Waals surface area contributed by atoms with Crippen LogP contribution in [0.4, 0.5) is 10.2 Å². The Bertz CT molecular complexity index is 7050. The smallest absolute Gasteiger partial charge is 0.267 e. The number of nitrogens with two attached hydrogens (primary N) is 2. The molecular formula is C108H121FN20O11. The average molecular weight is 1890 g/mol. The van der Waals surface area contributed by atoms with E-state index in [-0.39, 0.29) is 58.2 Å². The Morgan fingerprint density at radius 2 is 0.914 bits per heavy atom. The molecule has 0 bridgehead atoms. The number of pyridine rings is 7. The predicted molar refractivity (Wildman–Crippen MR) is 540 cm³/mol. The van der Waals surface area contributed by atoms with E-state index in [1.54, 1.807) is 105 Å². The zero-order valence-corrected chi connectivity index (χ0v) is 80.8. The number of alkyl halides is 1. The third kappa shape index (κ3) is 22.8. The maximum atomic E-state index is 14.0. The second-order valence-electron chi connectivity index (χ2n) is 37.8. The van der Waals surface area contributed by atoms with E-state index in [2.05, 4.69) is 52.8 Å². The first-order valence-electron chi connectivity index (χ1n) is 48.1. The van der Waals surface area contributed by atoms with Crippen molar-refractivity contribution in [1.82, 2.24) is 87.5 Å². The number of H-pyrrole nitrogens is 1. The summed E-state index contributed by atoms with van der Waals surface area (Å²) < 4.78 is 34.3. The van der Waals surface area contributed by atoms with Crippen molar-refractivity contribution in [2.24, 2.45) is 11.7 Å². The van der Waals surface area contributed by atoms with E-state index < -0.39 is 17.2 Å². The number of nitrogens with zero attached hydrogens (tertiary/aromatic N) is 16. The number of benzene rings is 3. The minimum atomic E-state index is -1.19. The molecule has 32 heteroatoms. The number of nitrogen functional groups attached to an aromatic ring is 1. The Morgan fingerprint density at radius 1 is 0.493 bits per heavy atom. The number of likely N-dealkylation sites (tertiary alicyclic amines) is 5. The number of halogens is 1. The van der Waals surface area contributed by atoms with Crippen molar-refractivity contribution in [3.8, 4) is 39.9 Å². The summed E-state index contributed by atoms with van der Waals surface area (Å²) in [7, 11) is 3.27. The van der Waals surface area contributed by atoms with Crippen LogP contribution in [0.1, 0.15) is 215 Å². The lowest BCUT2D eigenvalue weighted by Gasteiger charge is -2.34. The van der Waals surface area contributed by atoms with Gasteiger partial charge in [0.1, 0.15) is 62.5 Å². The fourth-order valence-electron chi connectivity index (χ4n) is 18.3. The minimum absolute atomic E-state index is 0.0385. The monoisotopic (exact) mass is 1890 g/mol. The lowest BCUT2D eigenvalue weighted by molar-refractivity contribution is 0.0502. The Hall–Kier alpha value is -15.2. The number of aliphatic hydroxyl groups is 1. The molecule has 20 rings (SSSR count). The highest BCUT2D eigenvalue weighted by Crippen LogP contribution is 2.34. The molecule has 15 aromatic rings. The second kappa shape index (κ2) is 43.2. The zero-order valence-electron chi connectivity index (χ0n) is 80.8. The summed E-state index contributed by atoms with van der Waals surface area (Å²) in [6.45, 7) is 20.4. The summed E-state index contributed by atoms with van der Waals surface area (Å²) in [6.07, 6.45) is 32.9. The number of rotatable bonds is 18. The van der Waals surface area contributed by atoms with E-state index >= 15 is 0 Å². The van der Waals surface area contributed by atoms with Gasteiger partial charge in [-0.15, -0.1) is 0 Å². The van der Waals surface area contributed by atoms with Crippen LogP contribution >= 0.6 is 0 Å². The number of primary amides is 1. The average Bonchev–Trinajstić information content (AvgIpc) is 1.62. The van der Waals surface area contributed by atoms with Crippen LogP contribution in [-0.2, 0) is 6.42 Å². The molecule has 17 heterocycles. The topological polar surface area (TPSA) is 373 Å². The number of hydrogen-bond donors (Lipinski definition) is 5. The molecule has 0 atom stereocenters. The maximum absolute atomic E-state index is 14.0. The van der Waals surface area contributed by atoms with Crippen molar-refractivity contribution in [2.45, 2.75) is 162 Å². The summed E-state index contributed by atoms with van der Waals surface area (Å²) in [6, 6.07) is 45.4. The van der Waals surface area contributed by atoms with E-state index in [0.717, 1.165) is 205 Å². The number of aromatic amines is 1. The number of aromatic nitrogens is 12. The fourth-order valence-corrected chi connectivity index (χ4v) is 18.3. The number of anilines is 1. The van der Waals surface area contributed by atoms with Gasteiger partial charge in [0.15, 0.2) is 0 Å². The van der Waals surface area contributed by atoms with Crippen LogP contribution < -0.4 is 31.7 Å². The van der Waals surface area contributed by atoms with Crippen LogP contribution in [0.3, 0.4) is 0 Å². The number of carbonyl (C=O) groups excluding carboxylic acids is 7. The molecule has 0 saturated carbocycles. The first kappa shape index (κ1) is 97.9. The fraction of sp³-hybridized carbons (Fsp3) is 0.352. The maximum Gasteiger partial charge on any atom is 0.267 e. The lowest BCUT2D eigenvalue weighted by atomic mass is 9.95. The number of nitrogens with one attached hydrogen (secondary N) is 2. The van der Waals surface area contributed by atoms with Gasteiger partial charge in [0.2, 0.25) is 5.43 Å². The van der Waals surface area contributed by atoms with Crippen molar-refractivity contribution < 1.29 is 52.5 Å². The summed E-state index contributed by atoms with van der Waals surface area (Å²) in [5.41, 5.74) is 22.5. The van der Waals surface area contributed by atoms with Gasteiger partial charge in [0.25, 0.3) is 41.4 Å². The number of ether oxygens (including phenoxy) is 2. The van der Waals surface area contributed by atoms with E-state index in [1.807, 2.05) is 202 Å². The number of carbonyl (C=O) groups is 7. The summed E-state index contributed by atoms with van der Waals surface area (Å²) in [5.74, 6) is 1.99. The van der Waals surface area contributed by atoms with E-state index in [4.69, 9.17) is 25.9 Å². The van der Waals surface area contributed by atoms with Crippen LogP contribution in [0.5, 0.6) is 11.5 Å². The number of hydrogen-bond acceptors (Lipinski definition) is 18. The minimum Gasteiger partial charge on any atom is -0.497 e. The molecule has 0 radical (unpaired) electrons. The number of methoxy groups -OCH3 is 2. The number of piperidine rings is 5. The molecule has 0 spiro atoms. The third-order valence-electron chi connectivity index (χ3n) is 26.5. The van der Waals surface area contributed by atoms with Crippen molar-refractivity contribution in [3.05, 3.63) is 274 Å². The van der Waals surface area contributed by atoms with Crippen LogP contribution in [0, 0.1) is 12.8 Å². The first-order chi connectivity index (χ1) is 67.4. The molecule has 0 unspecified atom stereocenters. The van der Waals surface area contributed by atoms with Crippen molar-refractivity contribution >= 4 is 102 Å². The lowest BCUT2D eigenvalue weighted by Crippen LogP contribution is -2.43. The van der Waals surface area contributed by atoms with Gasteiger partial charge in [-0.05, 0) is 295 Å². The summed E-state index contributed by atoms with van der Waals surface area (Å²) in [4.78, 5) is 139. The molecule has 140 heavy (non-hydrogen) atoms. The van der Waals surface area contributed by atoms with Gasteiger partial charge < -0.3 is 70.0 Å². The van der Waals surface area contributed by atoms with Crippen LogP contribution in [-0.4, -0.2) is 226 Å². The molecule has 12 aromatic heterocycles. The Labute approximate surface area is 811 Å². The molecule has 31 nitrogen and oxygen atoms in total. The molecule has 0 aliphatic carbocycles. The Kier molecular flexibility index (Phi) is 30.2. The molecule has 5 saturated heterocycles. The van der Waals surface area contributed by atoms with E-state index in [9.17, 15) is 47.9 Å². The molecule has 3 aromatic carbocycles. The molecule has 5 aliphatic rings. The number of aryl methyl sites for hydroxylation is 2. The van der Waals surface area contributed by atoms with Crippen LogP contribution in [0.15, 0.2) is 219 Å². The Morgan fingerprint density at radius 3 is 1.38 bits per heavy atom.